The molecule has 0 aliphatic rings. The lowest BCUT2D eigenvalue weighted by Crippen LogP contribution is -2.29. The summed E-state index contributed by atoms with van der Waals surface area (Å²) in [4.78, 5) is 17.1. The maximum absolute atomic E-state index is 12.6. The summed E-state index contributed by atoms with van der Waals surface area (Å²) in [6, 6.07) is 15.2. The molecule has 6 heteroatoms. The van der Waals surface area contributed by atoms with Crippen molar-refractivity contribution in [3.63, 3.8) is 0 Å². The molecular formula is C21H21ClN2O2S. The molecule has 2 aromatic carbocycles. The van der Waals surface area contributed by atoms with E-state index in [1.807, 2.05) is 60.8 Å². The molecule has 0 fully saturated rings. The summed E-state index contributed by atoms with van der Waals surface area (Å²) in [7, 11) is 1.64. The fourth-order valence-corrected chi connectivity index (χ4v) is 4.05. The second-order valence-corrected chi connectivity index (χ2v) is 7.34. The number of hydrogen-bond donors (Lipinski definition) is 1. The maximum Gasteiger partial charge on any atom is 0.226 e. The number of carbonyl (C=O) groups excluding carboxylic acids is 1. The third kappa shape index (κ3) is 4.67. The van der Waals surface area contributed by atoms with Gasteiger partial charge in [-0.15, -0.1) is 11.3 Å². The molecule has 1 N–H and O–H groups in total. The predicted molar refractivity (Wildman–Crippen MR) is 110 cm³/mol. The molecule has 1 aromatic heterocycles. The van der Waals surface area contributed by atoms with Crippen LogP contribution in [0.15, 0.2) is 53.9 Å². The van der Waals surface area contributed by atoms with Gasteiger partial charge in [0, 0.05) is 16.5 Å². The number of benzene rings is 2. The van der Waals surface area contributed by atoms with Crippen molar-refractivity contribution >= 4 is 28.8 Å². The van der Waals surface area contributed by atoms with Crippen LogP contribution in [0.3, 0.4) is 0 Å². The van der Waals surface area contributed by atoms with E-state index in [9.17, 15) is 4.79 Å². The Kier molecular flexibility index (Phi) is 6.48. The molecule has 1 amide bonds. The van der Waals surface area contributed by atoms with Gasteiger partial charge in [0.1, 0.15) is 10.8 Å². The monoisotopic (exact) mass is 400 g/mol. The van der Waals surface area contributed by atoms with Gasteiger partial charge >= 0.3 is 0 Å². The molecule has 0 saturated heterocycles. The highest BCUT2D eigenvalue weighted by Crippen LogP contribution is 2.30. The highest BCUT2D eigenvalue weighted by atomic mass is 35.5. The van der Waals surface area contributed by atoms with Gasteiger partial charge < -0.3 is 10.1 Å². The number of nitrogens with zero attached hydrogens (tertiary/aromatic N) is 1. The molecule has 0 bridgehead atoms. The number of hydrogen-bond acceptors (Lipinski definition) is 4. The van der Waals surface area contributed by atoms with Gasteiger partial charge in [0.25, 0.3) is 0 Å². The van der Waals surface area contributed by atoms with E-state index in [2.05, 4.69) is 10.3 Å². The van der Waals surface area contributed by atoms with Crippen LogP contribution < -0.4 is 10.1 Å². The van der Waals surface area contributed by atoms with Crippen LogP contribution in [0, 0.1) is 0 Å². The van der Waals surface area contributed by atoms with Crippen molar-refractivity contribution < 1.29 is 9.53 Å². The van der Waals surface area contributed by atoms with Crippen LogP contribution in [0.5, 0.6) is 5.75 Å². The molecule has 0 spiro atoms. The third-order valence-electron chi connectivity index (χ3n) is 4.26. The van der Waals surface area contributed by atoms with Crippen LogP contribution in [0.1, 0.15) is 30.6 Å². The molecule has 0 aliphatic heterocycles. The standard InChI is InChI=1S/C21H21ClN2O2S/c1-3-18(16-9-5-7-11-19(16)26-2)24-20(25)12-14-13-27-21(23-14)15-8-4-6-10-17(15)22/h4-11,13,18H,3,12H2,1-2H3,(H,24,25). The lowest BCUT2D eigenvalue weighted by Gasteiger charge is -2.19. The van der Waals surface area contributed by atoms with Crippen LogP contribution in [0.2, 0.25) is 5.02 Å². The molecule has 3 aromatic rings. The number of carbonyl (C=O) groups is 1. The fourth-order valence-electron chi connectivity index (χ4n) is 2.91. The Morgan fingerprint density at radius 3 is 2.70 bits per heavy atom. The van der Waals surface area contributed by atoms with E-state index in [0.29, 0.717) is 5.02 Å². The Morgan fingerprint density at radius 1 is 1.22 bits per heavy atom. The summed E-state index contributed by atoms with van der Waals surface area (Å²) in [6.07, 6.45) is 1.00. The van der Waals surface area contributed by atoms with Crippen LogP contribution in [0.25, 0.3) is 10.6 Å². The molecule has 1 heterocycles. The molecule has 140 valence electrons. The summed E-state index contributed by atoms with van der Waals surface area (Å²) >= 11 is 7.72. The largest absolute Gasteiger partial charge is 0.496 e. The van der Waals surface area contributed by atoms with E-state index in [1.54, 1.807) is 7.11 Å². The zero-order valence-corrected chi connectivity index (χ0v) is 16.8. The van der Waals surface area contributed by atoms with Gasteiger partial charge in [-0.25, -0.2) is 4.98 Å². The van der Waals surface area contributed by atoms with E-state index >= 15 is 0 Å². The summed E-state index contributed by atoms with van der Waals surface area (Å²) in [5.74, 6) is 0.711. The minimum Gasteiger partial charge on any atom is -0.496 e. The first-order chi connectivity index (χ1) is 13.1. The number of ether oxygens (including phenoxy) is 1. The van der Waals surface area contributed by atoms with Gasteiger partial charge in [-0.2, -0.15) is 0 Å². The minimum atomic E-state index is -0.102. The van der Waals surface area contributed by atoms with E-state index in [0.717, 1.165) is 34.0 Å². The number of halogens is 1. The molecule has 1 atom stereocenters. The maximum atomic E-state index is 12.6. The fraction of sp³-hybridized carbons (Fsp3) is 0.238. The first-order valence-electron chi connectivity index (χ1n) is 8.74. The first-order valence-corrected chi connectivity index (χ1v) is 9.99. The molecule has 4 nitrogen and oxygen atoms in total. The molecule has 0 aliphatic carbocycles. The van der Waals surface area contributed by atoms with Gasteiger partial charge in [0.15, 0.2) is 0 Å². The Hall–Kier alpha value is -2.37. The van der Waals surface area contributed by atoms with Gasteiger partial charge in [-0.3, -0.25) is 4.79 Å². The summed E-state index contributed by atoms with van der Waals surface area (Å²) in [5.41, 5.74) is 2.60. The number of amides is 1. The summed E-state index contributed by atoms with van der Waals surface area (Å²) in [5, 5.41) is 6.47. The molecule has 27 heavy (non-hydrogen) atoms. The lowest BCUT2D eigenvalue weighted by molar-refractivity contribution is -0.121. The van der Waals surface area contributed by atoms with Crippen molar-refractivity contribution in [1.82, 2.24) is 10.3 Å². The number of para-hydroxylation sites is 1. The first kappa shape index (κ1) is 19.4. The van der Waals surface area contributed by atoms with Crippen molar-refractivity contribution in [2.45, 2.75) is 25.8 Å². The summed E-state index contributed by atoms with van der Waals surface area (Å²) in [6.45, 7) is 2.04. The number of aromatic nitrogens is 1. The quantitative estimate of drug-likeness (QED) is 0.586. The topological polar surface area (TPSA) is 51.2 Å². The van der Waals surface area contributed by atoms with E-state index in [-0.39, 0.29) is 18.4 Å². The van der Waals surface area contributed by atoms with Crippen molar-refractivity contribution in [1.29, 1.82) is 0 Å². The third-order valence-corrected chi connectivity index (χ3v) is 5.51. The number of methoxy groups -OCH3 is 1. The zero-order valence-electron chi connectivity index (χ0n) is 15.2. The molecule has 1 unspecified atom stereocenters. The Bertz CT molecular complexity index is 926. The van der Waals surface area contributed by atoms with Crippen molar-refractivity contribution in [2.75, 3.05) is 7.11 Å². The molecule has 3 rings (SSSR count). The Labute approximate surface area is 168 Å². The van der Waals surface area contributed by atoms with Crippen LogP contribution in [-0.4, -0.2) is 18.0 Å². The van der Waals surface area contributed by atoms with Gasteiger partial charge in [0.2, 0.25) is 5.91 Å². The van der Waals surface area contributed by atoms with E-state index in [4.69, 9.17) is 16.3 Å². The normalized spacial score (nSPS) is 11.8. The predicted octanol–water partition coefficient (Wildman–Crippen LogP) is 5.28. The van der Waals surface area contributed by atoms with E-state index in [1.165, 1.54) is 11.3 Å². The molecule has 0 saturated carbocycles. The lowest BCUT2D eigenvalue weighted by atomic mass is 10.0. The van der Waals surface area contributed by atoms with E-state index < -0.39 is 0 Å². The van der Waals surface area contributed by atoms with Crippen LogP contribution in [0.4, 0.5) is 0 Å². The van der Waals surface area contributed by atoms with Crippen molar-refractivity contribution in [3.8, 4) is 16.3 Å². The van der Waals surface area contributed by atoms with Gasteiger partial charge in [-0.05, 0) is 18.6 Å². The van der Waals surface area contributed by atoms with Crippen molar-refractivity contribution in [2.24, 2.45) is 0 Å². The minimum absolute atomic E-state index is 0.0660. The Balaban J connectivity index is 1.69. The average Bonchev–Trinajstić information content (AvgIpc) is 3.14. The average molecular weight is 401 g/mol. The second-order valence-electron chi connectivity index (χ2n) is 6.07. The smallest absolute Gasteiger partial charge is 0.226 e. The highest BCUT2D eigenvalue weighted by Gasteiger charge is 2.18. The van der Waals surface area contributed by atoms with Crippen LogP contribution in [-0.2, 0) is 11.2 Å². The zero-order chi connectivity index (χ0) is 19.2. The second kappa shape index (κ2) is 9.02. The summed E-state index contributed by atoms with van der Waals surface area (Å²) < 4.78 is 5.42. The van der Waals surface area contributed by atoms with Crippen LogP contribution >= 0.6 is 22.9 Å². The van der Waals surface area contributed by atoms with Gasteiger partial charge in [0.05, 0.1) is 30.3 Å². The molecular weight excluding hydrogens is 380 g/mol. The Morgan fingerprint density at radius 2 is 1.96 bits per heavy atom. The molecule has 0 radical (unpaired) electrons. The van der Waals surface area contributed by atoms with Gasteiger partial charge in [-0.1, -0.05) is 54.9 Å². The number of thiazole rings is 1. The number of rotatable bonds is 7. The number of nitrogens with one attached hydrogen (secondary N) is 1. The van der Waals surface area contributed by atoms with Crippen molar-refractivity contribution in [3.05, 3.63) is 70.2 Å². The SMILES string of the molecule is CCC(NC(=O)Cc1csc(-c2ccccc2Cl)n1)c1ccccc1OC. The highest BCUT2D eigenvalue weighted by molar-refractivity contribution is 7.13.